The molecule has 0 aliphatic heterocycles. The van der Waals surface area contributed by atoms with Gasteiger partial charge in [0.2, 0.25) is 0 Å². The van der Waals surface area contributed by atoms with E-state index in [4.69, 9.17) is 14.2 Å². The van der Waals surface area contributed by atoms with Crippen molar-refractivity contribution < 1.29 is 18.8 Å². The number of ether oxygens (including phenoxy) is 3. The van der Waals surface area contributed by atoms with Crippen LogP contribution in [0.25, 0.3) is 0 Å². The summed E-state index contributed by atoms with van der Waals surface area (Å²) in [6, 6.07) is 22.8. The molecule has 0 N–H and O–H groups in total. The summed E-state index contributed by atoms with van der Waals surface area (Å²) in [6.45, 7) is 0. The highest BCUT2D eigenvalue weighted by atomic mass is 32.7. The smallest absolute Gasteiger partial charge is 0.195 e. The van der Waals surface area contributed by atoms with Crippen molar-refractivity contribution in [3.8, 4) is 17.2 Å². The molecule has 0 fully saturated rings. The standard InChI is InChI=1S/C22H23O4PS/c1-24-17-14-21(25-2)20(22(15-17)26-3)16-28-27(23,18-10-6-4-7-11-18)19-12-8-5-9-13-19/h4-15H,16H2,1-3H3. The highest BCUT2D eigenvalue weighted by Crippen LogP contribution is 2.58. The molecule has 0 aliphatic carbocycles. The number of benzene rings is 3. The Hall–Kier alpha value is -2.36. The fourth-order valence-corrected chi connectivity index (χ4v) is 7.80. The van der Waals surface area contributed by atoms with E-state index in [1.807, 2.05) is 72.8 Å². The van der Waals surface area contributed by atoms with Crippen molar-refractivity contribution in [1.82, 2.24) is 0 Å². The number of hydrogen-bond acceptors (Lipinski definition) is 5. The highest BCUT2D eigenvalue weighted by Gasteiger charge is 2.29. The van der Waals surface area contributed by atoms with Crippen LogP contribution in [0.2, 0.25) is 0 Å². The lowest BCUT2D eigenvalue weighted by Crippen LogP contribution is -2.13. The monoisotopic (exact) mass is 414 g/mol. The van der Waals surface area contributed by atoms with Gasteiger partial charge >= 0.3 is 0 Å². The zero-order valence-corrected chi connectivity index (χ0v) is 17.8. The molecule has 0 saturated carbocycles. The lowest BCUT2D eigenvalue weighted by molar-refractivity contribution is 0.371. The minimum atomic E-state index is -2.89. The van der Waals surface area contributed by atoms with Gasteiger partial charge in [0.25, 0.3) is 0 Å². The van der Waals surface area contributed by atoms with Gasteiger partial charge in [-0.3, -0.25) is 0 Å². The molecule has 0 bridgehead atoms. The zero-order chi connectivity index (χ0) is 20.0. The summed E-state index contributed by atoms with van der Waals surface area (Å²) in [5.41, 5.74) is 0.850. The molecule has 146 valence electrons. The normalized spacial score (nSPS) is 11.1. The van der Waals surface area contributed by atoms with E-state index < -0.39 is 6.34 Å². The summed E-state index contributed by atoms with van der Waals surface area (Å²) in [7, 11) is 4.81. The molecule has 0 saturated heterocycles. The Morgan fingerprint density at radius 2 is 1.21 bits per heavy atom. The van der Waals surface area contributed by atoms with Gasteiger partial charge < -0.3 is 18.8 Å². The summed E-state index contributed by atoms with van der Waals surface area (Å²) < 4.78 is 30.6. The van der Waals surface area contributed by atoms with Gasteiger partial charge in [-0.05, 0) is 0 Å². The molecule has 3 aromatic rings. The van der Waals surface area contributed by atoms with E-state index in [2.05, 4.69) is 0 Å². The Morgan fingerprint density at radius 1 is 0.750 bits per heavy atom. The van der Waals surface area contributed by atoms with Crippen LogP contribution in [0.3, 0.4) is 0 Å². The van der Waals surface area contributed by atoms with Gasteiger partial charge in [-0.25, -0.2) is 0 Å². The molecule has 0 unspecified atom stereocenters. The van der Waals surface area contributed by atoms with Crippen LogP contribution in [0.15, 0.2) is 72.8 Å². The molecule has 3 aromatic carbocycles. The van der Waals surface area contributed by atoms with Crippen molar-refractivity contribution in [2.45, 2.75) is 5.75 Å². The maximum Gasteiger partial charge on any atom is 0.195 e. The van der Waals surface area contributed by atoms with Gasteiger partial charge in [0.1, 0.15) is 17.2 Å². The molecule has 6 heteroatoms. The molecule has 0 amide bonds. The second-order valence-corrected chi connectivity index (χ2v) is 11.0. The Bertz CT molecular complexity index is 892. The first kappa shape index (κ1) is 20.4. The predicted octanol–water partition coefficient (Wildman–Crippen LogP) is 4.87. The van der Waals surface area contributed by atoms with Gasteiger partial charge in [0.15, 0.2) is 6.34 Å². The zero-order valence-electron chi connectivity index (χ0n) is 16.1. The molecule has 0 spiro atoms. The largest absolute Gasteiger partial charge is 0.496 e. The first-order chi connectivity index (χ1) is 13.6. The van der Waals surface area contributed by atoms with Crippen molar-refractivity contribution in [1.29, 1.82) is 0 Å². The molecule has 0 aliphatic rings. The lowest BCUT2D eigenvalue weighted by atomic mass is 10.2. The van der Waals surface area contributed by atoms with Crippen molar-refractivity contribution in [3.63, 3.8) is 0 Å². The quantitative estimate of drug-likeness (QED) is 0.492. The lowest BCUT2D eigenvalue weighted by Gasteiger charge is -2.20. The van der Waals surface area contributed by atoms with Crippen LogP contribution in [0.1, 0.15) is 5.56 Å². The molecule has 4 nitrogen and oxygen atoms in total. The fraction of sp³-hybridized carbons (Fsp3) is 0.182. The van der Waals surface area contributed by atoms with Gasteiger partial charge in [0.05, 0.1) is 21.3 Å². The first-order valence-electron chi connectivity index (χ1n) is 8.77. The maximum atomic E-state index is 14.2. The predicted molar refractivity (Wildman–Crippen MR) is 117 cm³/mol. The summed E-state index contributed by atoms with van der Waals surface area (Å²) in [5, 5.41) is 1.63. The SMILES string of the molecule is COc1cc(OC)c(CSP(=O)(c2ccccc2)c2ccccc2)c(OC)c1. The molecule has 0 heterocycles. The van der Waals surface area contributed by atoms with Crippen LogP contribution in [-0.4, -0.2) is 21.3 Å². The summed E-state index contributed by atoms with van der Waals surface area (Å²) in [6.07, 6.45) is -2.89. The average Bonchev–Trinajstić information content (AvgIpc) is 2.78. The summed E-state index contributed by atoms with van der Waals surface area (Å²) in [4.78, 5) is 0. The minimum absolute atomic E-state index is 0.470. The van der Waals surface area contributed by atoms with Crippen LogP contribution in [0.5, 0.6) is 17.2 Å². The molecule has 0 atom stereocenters. The Balaban J connectivity index is 2.02. The van der Waals surface area contributed by atoms with Crippen molar-refractivity contribution in [2.24, 2.45) is 0 Å². The minimum Gasteiger partial charge on any atom is -0.496 e. The Labute approximate surface area is 170 Å². The third-order valence-electron chi connectivity index (χ3n) is 4.40. The first-order valence-corrected chi connectivity index (χ1v) is 12.1. The van der Waals surface area contributed by atoms with E-state index in [9.17, 15) is 4.57 Å². The van der Waals surface area contributed by atoms with Gasteiger partial charge in [-0.15, -0.1) is 0 Å². The molecule has 0 radical (unpaired) electrons. The Morgan fingerprint density at radius 3 is 1.61 bits per heavy atom. The van der Waals surface area contributed by atoms with Crippen LogP contribution >= 0.6 is 17.7 Å². The number of methoxy groups -OCH3 is 3. The van der Waals surface area contributed by atoms with E-state index in [0.29, 0.717) is 23.0 Å². The summed E-state index contributed by atoms with van der Waals surface area (Å²) >= 11 is 1.41. The van der Waals surface area contributed by atoms with Crippen molar-refractivity contribution >= 4 is 28.3 Å². The average molecular weight is 414 g/mol. The van der Waals surface area contributed by atoms with Crippen LogP contribution in [0, 0.1) is 0 Å². The molecule has 0 aromatic heterocycles. The van der Waals surface area contributed by atoms with E-state index in [1.54, 1.807) is 21.3 Å². The van der Waals surface area contributed by atoms with Crippen molar-refractivity contribution in [3.05, 3.63) is 78.4 Å². The van der Waals surface area contributed by atoms with Crippen LogP contribution in [0.4, 0.5) is 0 Å². The molecular weight excluding hydrogens is 391 g/mol. The van der Waals surface area contributed by atoms with E-state index in [-0.39, 0.29) is 0 Å². The van der Waals surface area contributed by atoms with E-state index in [0.717, 1.165) is 16.2 Å². The highest BCUT2D eigenvalue weighted by molar-refractivity contribution is 8.62. The second kappa shape index (κ2) is 9.22. The summed E-state index contributed by atoms with van der Waals surface area (Å²) in [5.74, 6) is 2.42. The van der Waals surface area contributed by atoms with Gasteiger partial charge in [-0.2, -0.15) is 0 Å². The second-order valence-electron chi connectivity index (χ2n) is 6.01. The third kappa shape index (κ3) is 4.21. The number of hydrogen-bond donors (Lipinski definition) is 0. The van der Waals surface area contributed by atoms with Crippen molar-refractivity contribution in [2.75, 3.05) is 21.3 Å². The fourth-order valence-electron chi connectivity index (χ4n) is 2.92. The maximum absolute atomic E-state index is 14.2. The third-order valence-corrected chi connectivity index (χ3v) is 9.88. The van der Waals surface area contributed by atoms with E-state index >= 15 is 0 Å². The molecule has 28 heavy (non-hydrogen) atoms. The Kier molecular flexibility index (Phi) is 6.71. The van der Waals surface area contributed by atoms with Crippen LogP contribution < -0.4 is 24.8 Å². The molecular formula is C22H23O4PS. The van der Waals surface area contributed by atoms with E-state index in [1.165, 1.54) is 11.4 Å². The molecule has 3 rings (SSSR count). The van der Waals surface area contributed by atoms with Gasteiger partial charge in [0, 0.05) is 34.1 Å². The van der Waals surface area contributed by atoms with Crippen LogP contribution in [-0.2, 0) is 10.3 Å². The number of rotatable bonds is 8. The van der Waals surface area contributed by atoms with Gasteiger partial charge in [-0.1, -0.05) is 72.0 Å². The topological polar surface area (TPSA) is 44.8 Å².